The molecule has 1 saturated heterocycles. The topological polar surface area (TPSA) is 61.4 Å². The van der Waals surface area contributed by atoms with Gasteiger partial charge < -0.3 is 10.2 Å². The van der Waals surface area contributed by atoms with Gasteiger partial charge in [0.15, 0.2) is 0 Å². The predicted molar refractivity (Wildman–Crippen MR) is 109 cm³/mol. The average Bonchev–Trinajstić information content (AvgIpc) is 2.70. The number of carbonyl (C=O) groups excluding carboxylic acids is 1. The number of benzene rings is 1. The van der Waals surface area contributed by atoms with Gasteiger partial charge in [0.05, 0.1) is 10.0 Å². The van der Waals surface area contributed by atoms with E-state index in [4.69, 9.17) is 23.2 Å². The zero-order valence-corrected chi connectivity index (χ0v) is 16.3. The lowest BCUT2D eigenvalue weighted by atomic mass is 10.2. The summed E-state index contributed by atoms with van der Waals surface area (Å²) in [5.41, 5.74) is 0.721. The Labute approximate surface area is 168 Å². The van der Waals surface area contributed by atoms with Crippen LogP contribution in [0.5, 0.6) is 0 Å². The molecule has 3 rings (SSSR count). The standard InChI is InChI=1S/C19H21Cl2N5O/c20-16-4-1-3-15(18(16)21)5-6-17(27)22-9-10-25-11-13-26(14-12-25)19-23-7-2-8-24-19/h1-8H,9-14H2,(H,22,27)/b6-5+. The van der Waals surface area contributed by atoms with E-state index in [1.54, 1.807) is 30.6 Å². The summed E-state index contributed by atoms with van der Waals surface area (Å²) < 4.78 is 0. The Balaban J connectivity index is 1.38. The Bertz CT molecular complexity index is 792. The van der Waals surface area contributed by atoms with Gasteiger partial charge in [0.1, 0.15) is 0 Å². The number of hydrogen-bond donors (Lipinski definition) is 1. The van der Waals surface area contributed by atoms with Crippen LogP contribution in [-0.4, -0.2) is 60.0 Å². The number of halogens is 2. The van der Waals surface area contributed by atoms with Crippen molar-refractivity contribution in [1.29, 1.82) is 0 Å². The van der Waals surface area contributed by atoms with Gasteiger partial charge in [0, 0.05) is 57.7 Å². The third kappa shape index (κ3) is 5.66. The SMILES string of the molecule is O=C(/C=C/c1cccc(Cl)c1Cl)NCCN1CCN(c2ncccn2)CC1. The molecule has 1 aliphatic heterocycles. The van der Waals surface area contributed by atoms with Crippen LogP contribution in [0.3, 0.4) is 0 Å². The number of rotatable bonds is 6. The van der Waals surface area contributed by atoms with E-state index >= 15 is 0 Å². The maximum Gasteiger partial charge on any atom is 0.244 e. The van der Waals surface area contributed by atoms with Crippen molar-refractivity contribution in [2.45, 2.75) is 0 Å². The number of nitrogens with one attached hydrogen (secondary N) is 1. The van der Waals surface area contributed by atoms with Crippen LogP contribution in [0.15, 0.2) is 42.7 Å². The van der Waals surface area contributed by atoms with Crippen molar-refractivity contribution in [3.8, 4) is 0 Å². The van der Waals surface area contributed by atoms with Crippen molar-refractivity contribution in [1.82, 2.24) is 20.2 Å². The third-order valence-corrected chi connectivity index (χ3v) is 5.16. The number of carbonyl (C=O) groups is 1. The number of piperazine rings is 1. The molecule has 1 N–H and O–H groups in total. The van der Waals surface area contributed by atoms with E-state index in [9.17, 15) is 4.79 Å². The van der Waals surface area contributed by atoms with Gasteiger partial charge >= 0.3 is 0 Å². The van der Waals surface area contributed by atoms with Crippen LogP contribution in [0.2, 0.25) is 10.0 Å². The van der Waals surface area contributed by atoms with E-state index in [1.807, 2.05) is 12.1 Å². The van der Waals surface area contributed by atoms with Crippen molar-refractivity contribution < 1.29 is 4.79 Å². The molecule has 8 heteroatoms. The zero-order valence-electron chi connectivity index (χ0n) is 14.8. The molecule has 0 unspecified atom stereocenters. The number of aromatic nitrogens is 2. The smallest absolute Gasteiger partial charge is 0.244 e. The normalized spacial score (nSPS) is 15.3. The lowest BCUT2D eigenvalue weighted by Crippen LogP contribution is -2.48. The molecule has 1 aromatic carbocycles. The molecular formula is C19H21Cl2N5O. The van der Waals surface area contributed by atoms with Crippen molar-refractivity contribution in [2.75, 3.05) is 44.2 Å². The van der Waals surface area contributed by atoms with E-state index in [-0.39, 0.29) is 5.91 Å². The Morgan fingerprint density at radius 3 is 2.59 bits per heavy atom. The third-order valence-electron chi connectivity index (χ3n) is 4.33. The van der Waals surface area contributed by atoms with Gasteiger partial charge in [0.2, 0.25) is 11.9 Å². The second kappa shape index (κ2) is 9.69. The first-order valence-electron chi connectivity index (χ1n) is 8.78. The maximum absolute atomic E-state index is 12.0. The highest BCUT2D eigenvalue weighted by atomic mass is 35.5. The largest absolute Gasteiger partial charge is 0.351 e. The van der Waals surface area contributed by atoms with Gasteiger partial charge in [-0.05, 0) is 23.8 Å². The monoisotopic (exact) mass is 405 g/mol. The molecule has 2 heterocycles. The van der Waals surface area contributed by atoms with Gasteiger partial charge in [-0.2, -0.15) is 0 Å². The first kappa shape index (κ1) is 19.6. The number of anilines is 1. The Morgan fingerprint density at radius 1 is 1.11 bits per heavy atom. The highest BCUT2D eigenvalue weighted by Gasteiger charge is 2.18. The minimum atomic E-state index is -0.151. The van der Waals surface area contributed by atoms with Crippen molar-refractivity contribution in [3.05, 3.63) is 58.3 Å². The molecule has 0 atom stereocenters. The average molecular weight is 406 g/mol. The van der Waals surface area contributed by atoms with Crippen molar-refractivity contribution in [3.63, 3.8) is 0 Å². The Kier molecular flexibility index (Phi) is 7.04. The summed E-state index contributed by atoms with van der Waals surface area (Å²) in [5.74, 6) is 0.623. The summed E-state index contributed by atoms with van der Waals surface area (Å²) >= 11 is 12.1. The lowest BCUT2D eigenvalue weighted by molar-refractivity contribution is -0.116. The molecule has 1 aliphatic rings. The summed E-state index contributed by atoms with van der Waals surface area (Å²) in [6.07, 6.45) is 6.66. The highest BCUT2D eigenvalue weighted by Crippen LogP contribution is 2.26. The maximum atomic E-state index is 12.0. The fraction of sp³-hybridized carbons (Fsp3) is 0.316. The van der Waals surface area contributed by atoms with Crippen LogP contribution in [-0.2, 0) is 4.79 Å². The van der Waals surface area contributed by atoms with Crippen LogP contribution in [0.4, 0.5) is 5.95 Å². The van der Waals surface area contributed by atoms with Gasteiger partial charge in [-0.3, -0.25) is 9.69 Å². The van der Waals surface area contributed by atoms with E-state index in [0.717, 1.165) is 44.2 Å². The molecular weight excluding hydrogens is 385 g/mol. The molecule has 142 valence electrons. The summed E-state index contributed by atoms with van der Waals surface area (Å²) in [4.78, 5) is 25.0. The molecule has 0 saturated carbocycles. The Hall–Kier alpha value is -2.15. The predicted octanol–water partition coefficient (Wildman–Crippen LogP) is 2.74. The van der Waals surface area contributed by atoms with E-state index in [1.165, 1.54) is 6.08 Å². The van der Waals surface area contributed by atoms with E-state index in [2.05, 4.69) is 25.1 Å². The molecule has 1 fully saturated rings. The fourth-order valence-corrected chi connectivity index (χ4v) is 3.21. The second-order valence-corrected chi connectivity index (χ2v) is 6.93. The first-order chi connectivity index (χ1) is 13.1. The summed E-state index contributed by atoms with van der Waals surface area (Å²) in [6.45, 7) is 5.00. The van der Waals surface area contributed by atoms with Crippen LogP contribution >= 0.6 is 23.2 Å². The highest BCUT2D eigenvalue weighted by molar-refractivity contribution is 6.42. The lowest BCUT2D eigenvalue weighted by Gasteiger charge is -2.34. The molecule has 0 radical (unpaired) electrons. The minimum absolute atomic E-state index is 0.151. The van der Waals surface area contributed by atoms with Gasteiger partial charge in [-0.1, -0.05) is 35.3 Å². The summed E-state index contributed by atoms with van der Waals surface area (Å²) in [5, 5.41) is 3.81. The fourth-order valence-electron chi connectivity index (χ4n) is 2.84. The van der Waals surface area contributed by atoms with Crippen molar-refractivity contribution in [2.24, 2.45) is 0 Å². The zero-order chi connectivity index (χ0) is 19.1. The van der Waals surface area contributed by atoms with Crippen LogP contribution in [0, 0.1) is 0 Å². The molecule has 2 aromatic rings. The molecule has 1 aromatic heterocycles. The van der Waals surface area contributed by atoms with Crippen LogP contribution in [0.25, 0.3) is 6.08 Å². The molecule has 27 heavy (non-hydrogen) atoms. The Morgan fingerprint density at radius 2 is 1.85 bits per heavy atom. The summed E-state index contributed by atoms with van der Waals surface area (Å²) in [6, 6.07) is 7.14. The van der Waals surface area contributed by atoms with Gasteiger partial charge in [0.25, 0.3) is 0 Å². The van der Waals surface area contributed by atoms with Crippen molar-refractivity contribution >= 4 is 41.1 Å². The van der Waals surface area contributed by atoms with Gasteiger partial charge in [-0.25, -0.2) is 9.97 Å². The minimum Gasteiger partial charge on any atom is -0.351 e. The quantitative estimate of drug-likeness (QED) is 0.748. The molecule has 0 spiro atoms. The van der Waals surface area contributed by atoms with Crippen LogP contribution in [0.1, 0.15) is 5.56 Å². The number of nitrogens with zero attached hydrogens (tertiary/aromatic N) is 4. The number of amides is 1. The number of hydrogen-bond acceptors (Lipinski definition) is 5. The van der Waals surface area contributed by atoms with Gasteiger partial charge in [-0.15, -0.1) is 0 Å². The molecule has 1 amide bonds. The van der Waals surface area contributed by atoms with E-state index < -0.39 is 0 Å². The molecule has 6 nitrogen and oxygen atoms in total. The molecule has 0 bridgehead atoms. The molecule has 0 aliphatic carbocycles. The second-order valence-electron chi connectivity index (χ2n) is 6.14. The van der Waals surface area contributed by atoms with Crippen LogP contribution < -0.4 is 10.2 Å². The summed E-state index contributed by atoms with van der Waals surface area (Å²) in [7, 11) is 0. The first-order valence-corrected chi connectivity index (χ1v) is 9.53. The van der Waals surface area contributed by atoms with E-state index in [0.29, 0.717) is 16.6 Å².